The Kier molecular flexibility index (Phi) is 5.06. The van der Waals surface area contributed by atoms with E-state index in [1.165, 1.54) is 30.7 Å². The topological polar surface area (TPSA) is 33.6 Å². The van der Waals surface area contributed by atoms with Crippen molar-refractivity contribution in [3.8, 4) is 0 Å². The van der Waals surface area contributed by atoms with E-state index >= 15 is 0 Å². The summed E-state index contributed by atoms with van der Waals surface area (Å²) >= 11 is 0. The van der Waals surface area contributed by atoms with Crippen molar-refractivity contribution in [3.05, 3.63) is 11.3 Å². The Morgan fingerprint density at radius 1 is 1.05 bits per heavy atom. The van der Waals surface area contributed by atoms with Crippen molar-refractivity contribution < 1.29 is 4.74 Å². The molecule has 0 radical (unpaired) electrons. The summed E-state index contributed by atoms with van der Waals surface area (Å²) in [4.78, 5) is 0. The van der Waals surface area contributed by atoms with Gasteiger partial charge in [0.25, 0.3) is 0 Å². The van der Waals surface area contributed by atoms with Gasteiger partial charge in [-0.05, 0) is 65.4 Å². The lowest BCUT2D eigenvalue weighted by Gasteiger charge is -2.37. The fourth-order valence-electron chi connectivity index (χ4n) is 3.68. The van der Waals surface area contributed by atoms with Crippen molar-refractivity contribution in [2.24, 2.45) is 16.4 Å². The summed E-state index contributed by atoms with van der Waals surface area (Å²) in [6.45, 7) is 15.5. The molecule has 22 heavy (non-hydrogen) atoms. The van der Waals surface area contributed by atoms with Crippen molar-refractivity contribution in [1.29, 1.82) is 0 Å². The molecule has 1 fully saturated rings. The lowest BCUT2D eigenvalue weighted by Crippen LogP contribution is -2.35. The zero-order valence-electron chi connectivity index (χ0n) is 15.5. The molecule has 3 heteroatoms. The summed E-state index contributed by atoms with van der Waals surface area (Å²) in [5, 5.41) is 4.59. The highest BCUT2D eigenvalue weighted by molar-refractivity contribution is 5.87. The van der Waals surface area contributed by atoms with Crippen LogP contribution in [-0.4, -0.2) is 17.4 Å². The van der Waals surface area contributed by atoms with Crippen LogP contribution in [0.5, 0.6) is 0 Å². The largest absolute Gasteiger partial charge is 0.373 e. The number of hydrogen-bond acceptors (Lipinski definition) is 3. The van der Waals surface area contributed by atoms with Crippen LogP contribution in [-0.2, 0) is 4.74 Å². The predicted octanol–water partition coefficient (Wildman–Crippen LogP) is 5.03. The molecule has 126 valence electrons. The third kappa shape index (κ3) is 4.34. The summed E-state index contributed by atoms with van der Waals surface area (Å²) in [5.41, 5.74) is 7.57. The molecule has 1 N–H and O–H groups in total. The van der Waals surface area contributed by atoms with Gasteiger partial charge in [-0.2, -0.15) is 5.10 Å². The molecule has 1 saturated carbocycles. The van der Waals surface area contributed by atoms with Gasteiger partial charge in [-0.3, -0.25) is 5.43 Å². The van der Waals surface area contributed by atoms with Gasteiger partial charge in [0.05, 0.1) is 11.7 Å². The first-order chi connectivity index (χ1) is 10.1. The minimum atomic E-state index is -0.0489. The van der Waals surface area contributed by atoms with E-state index in [1.807, 2.05) is 0 Å². The molecular formula is C19H34N2O. The van der Waals surface area contributed by atoms with Crippen LogP contribution in [0.1, 0.15) is 80.6 Å². The summed E-state index contributed by atoms with van der Waals surface area (Å²) in [6.07, 6.45) is 6.23. The zero-order chi connectivity index (χ0) is 16.5. The first-order valence-corrected chi connectivity index (χ1v) is 8.79. The summed E-state index contributed by atoms with van der Waals surface area (Å²) in [7, 11) is 0. The number of ether oxygens (including phenoxy) is 1. The van der Waals surface area contributed by atoms with E-state index in [2.05, 4.69) is 59.0 Å². The van der Waals surface area contributed by atoms with Crippen LogP contribution < -0.4 is 5.43 Å². The molecule has 2 aliphatic rings. The molecule has 2 rings (SSSR count). The third-order valence-corrected chi connectivity index (χ3v) is 4.61. The smallest absolute Gasteiger partial charge is 0.0602 e. The molecule has 0 bridgehead atoms. The van der Waals surface area contributed by atoms with Gasteiger partial charge in [-0.1, -0.05) is 20.8 Å². The van der Waals surface area contributed by atoms with Crippen LogP contribution in [0.4, 0.5) is 0 Å². The van der Waals surface area contributed by atoms with Crippen LogP contribution in [0.3, 0.4) is 0 Å². The molecule has 1 aliphatic heterocycles. The molecule has 0 amide bonds. The molecule has 1 heterocycles. The number of allylic oxidation sites excluding steroid dienone is 2. The maximum Gasteiger partial charge on any atom is 0.0602 e. The maximum atomic E-state index is 6.27. The van der Waals surface area contributed by atoms with Crippen molar-refractivity contribution in [2.45, 2.75) is 92.3 Å². The van der Waals surface area contributed by atoms with Gasteiger partial charge < -0.3 is 4.74 Å². The lowest BCUT2D eigenvalue weighted by molar-refractivity contribution is -0.0680. The Labute approximate surface area is 136 Å². The number of hydrogen-bond donors (Lipinski definition) is 1. The highest BCUT2D eigenvalue weighted by Gasteiger charge is 2.32. The van der Waals surface area contributed by atoms with Crippen molar-refractivity contribution in [2.75, 3.05) is 0 Å². The van der Waals surface area contributed by atoms with Crippen LogP contribution in [0.25, 0.3) is 0 Å². The normalized spacial score (nSPS) is 27.5. The predicted molar refractivity (Wildman–Crippen MR) is 93.9 cm³/mol. The minimum Gasteiger partial charge on any atom is -0.373 e. The van der Waals surface area contributed by atoms with Crippen LogP contribution >= 0.6 is 0 Å². The van der Waals surface area contributed by atoms with Gasteiger partial charge in [0.15, 0.2) is 0 Å². The standard InChI is InChI=1S/C19H34N2O/c1-13-15-10-8-9-14(22-19(5,6)7)11-12-16(15)17(21-20-13)18(2,3)4/h14-15,21H,8-12H2,1-7H3. The molecule has 0 aromatic rings. The number of nitrogens with one attached hydrogen (secondary N) is 1. The van der Waals surface area contributed by atoms with E-state index in [9.17, 15) is 0 Å². The lowest BCUT2D eigenvalue weighted by atomic mass is 9.76. The Hall–Kier alpha value is -0.830. The molecule has 2 unspecified atom stereocenters. The van der Waals surface area contributed by atoms with Crippen LogP contribution in [0.15, 0.2) is 16.4 Å². The van der Waals surface area contributed by atoms with E-state index in [-0.39, 0.29) is 11.0 Å². The first-order valence-electron chi connectivity index (χ1n) is 8.79. The Bertz CT molecular complexity index is 463. The summed E-state index contributed by atoms with van der Waals surface area (Å²) in [5.74, 6) is 0.533. The van der Waals surface area contributed by atoms with Crippen molar-refractivity contribution in [3.63, 3.8) is 0 Å². The van der Waals surface area contributed by atoms with Gasteiger partial charge in [0.2, 0.25) is 0 Å². The van der Waals surface area contributed by atoms with E-state index in [1.54, 1.807) is 5.57 Å². The molecule has 0 spiro atoms. The molecular weight excluding hydrogens is 272 g/mol. The fourth-order valence-corrected chi connectivity index (χ4v) is 3.68. The molecule has 2 atom stereocenters. The minimum absolute atomic E-state index is 0.0489. The molecule has 0 saturated heterocycles. The molecule has 3 nitrogen and oxygen atoms in total. The average Bonchev–Trinajstić information content (AvgIpc) is 2.31. The maximum absolute atomic E-state index is 6.27. The zero-order valence-corrected chi connectivity index (χ0v) is 15.5. The number of rotatable bonds is 1. The van der Waals surface area contributed by atoms with E-state index in [0.717, 1.165) is 12.8 Å². The van der Waals surface area contributed by atoms with Gasteiger partial charge in [-0.15, -0.1) is 0 Å². The average molecular weight is 306 g/mol. The Morgan fingerprint density at radius 2 is 1.73 bits per heavy atom. The van der Waals surface area contributed by atoms with Gasteiger partial charge in [-0.25, -0.2) is 0 Å². The monoisotopic (exact) mass is 306 g/mol. The van der Waals surface area contributed by atoms with E-state index < -0.39 is 0 Å². The number of fused-ring (bicyclic) bond motifs is 1. The first kappa shape index (κ1) is 17.5. The number of hydrazone groups is 1. The summed E-state index contributed by atoms with van der Waals surface area (Å²) in [6, 6.07) is 0. The van der Waals surface area contributed by atoms with Crippen molar-refractivity contribution >= 4 is 5.71 Å². The van der Waals surface area contributed by atoms with Gasteiger partial charge >= 0.3 is 0 Å². The Morgan fingerprint density at radius 3 is 2.32 bits per heavy atom. The Balaban J connectivity index is 2.21. The van der Waals surface area contributed by atoms with Gasteiger partial charge in [0, 0.05) is 22.7 Å². The molecule has 1 aliphatic carbocycles. The second-order valence-electron chi connectivity index (χ2n) is 8.89. The third-order valence-electron chi connectivity index (χ3n) is 4.61. The highest BCUT2D eigenvalue weighted by Crippen LogP contribution is 2.39. The SMILES string of the molecule is CC1=NNC(C(C)(C)C)=C2CCC(OC(C)(C)C)CCCC12. The number of nitrogens with zero attached hydrogens (tertiary/aromatic N) is 1. The summed E-state index contributed by atoms with van der Waals surface area (Å²) < 4.78 is 6.27. The van der Waals surface area contributed by atoms with Gasteiger partial charge in [0.1, 0.15) is 0 Å². The second-order valence-corrected chi connectivity index (χ2v) is 8.89. The van der Waals surface area contributed by atoms with E-state index in [4.69, 9.17) is 4.74 Å². The van der Waals surface area contributed by atoms with Crippen LogP contribution in [0.2, 0.25) is 0 Å². The highest BCUT2D eigenvalue weighted by atomic mass is 16.5. The van der Waals surface area contributed by atoms with Crippen molar-refractivity contribution in [1.82, 2.24) is 5.43 Å². The fraction of sp³-hybridized carbons (Fsp3) is 0.842. The second kappa shape index (κ2) is 6.35. The molecule has 0 aromatic heterocycles. The molecule has 0 aromatic carbocycles. The van der Waals surface area contributed by atoms with Crippen LogP contribution in [0, 0.1) is 11.3 Å². The quantitative estimate of drug-likeness (QED) is 0.737. The van der Waals surface area contributed by atoms with E-state index in [0.29, 0.717) is 12.0 Å².